The van der Waals surface area contributed by atoms with E-state index in [-0.39, 0.29) is 23.9 Å². The van der Waals surface area contributed by atoms with E-state index in [1.807, 2.05) is 0 Å². The van der Waals surface area contributed by atoms with Crippen molar-refractivity contribution in [1.82, 2.24) is 15.2 Å². The fraction of sp³-hybridized carbons (Fsp3) is 0.333. The highest BCUT2D eigenvalue weighted by Gasteiger charge is 2.37. The first kappa shape index (κ1) is 13.7. The summed E-state index contributed by atoms with van der Waals surface area (Å²) in [6, 6.07) is 2.54. The molecule has 0 saturated carbocycles. The Balaban J connectivity index is 2.22. The van der Waals surface area contributed by atoms with Crippen molar-refractivity contribution >= 4 is 33.7 Å². The van der Waals surface area contributed by atoms with Gasteiger partial charge in [0.2, 0.25) is 11.8 Å². The third-order valence-electron chi connectivity index (χ3n) is 2.87. The number of likely N-dealkylation sites (N-methyl/N-ethyl adjacent to an activating group) is 1. The van der Waals surface area contributed by atoms with Crippen molar-refractivity contribution in [3.05, 3.63) is 28.5 Å². The molecule has 0 spiro atoms. The van der Waals surface area contributed by atoms with Gasteiger partial charge in [-0.25, -0.2) is 4.98 Å². The summed E-state index contributed by atoms with van der Waals surface area (Å²) in [4.78, 5) is 40.5. The van der Waals surface area contributed by atoms with Crippen LogP contribution in [-0.2, 0) is 9.59 Å². The molecule has 2 rings (SSSR count). The van der Waals surface area contributed by atoms with Gasteiger partial charge in [-0.3, -0.25) is 19.7 Å². The predicted molar refractivity (Wildman–Crippen MR) is 70.2 cm³/mol. The van der Waals surface area contributed by atoms with Gasteiger partial charge in [0.05, 0.1) is 6.42 Å². The summed E-state index contributed by atoms with van der Waals surface area (Å²) < 4.78 is 0.765. The Kier molecular flexibility index (Phi) is 3.94. The fourth-order valence-corrected chi connectivity index (χ4v) is 2.18. The van der Waals surface area contributed by atoms with Gasteiger partial charge < -0.3 is 4.90 Å². The summed E-state index contributed by atoms with van der Waals surface area (Å²) in [5.41, 5.74) is 0.247. The summed E-state index contributed by atoms with van der Waals surface area (Å²) >= 11 is 3.24. The van der Waals surface area contributed by atoms with Crippen LogP contribution >= 0.6 is 15.9 Å². The molecule has 0 radical (unpaired) electrons. The zero-order valence-electron chi connectivity index (χ0n) is 10.2. The van der Waals surface area contributed by atoms with Crippen molar-refractivity contribution < 1.29 is 14.4 Å². The standard InChI is InChI=1S/C12H12BrN3O3/c1-2-16(9-5-10(17)15-11(9)18)12(19)8-4-3-7(13)6-14-8/h3-4,6,9H,2,5H2,1H3,(H,15,17,18)/t9-/m0/s1. The molecule has 1 N–H and O–H groups in total. The first-order valence-corrected chi connectivity index (χ1v) is 6.58. The second kappa shape index (κ2) is 5.48. The average molecular weight is 326 g/mol. The predicted octanol–water partition coefficient (Wildman–Crippen LogP) is 0.721. The van der Waals surface area contributed by atoms with Gasteiger partial charge in [-0.1, -0.05) is 0 Å². The minimum atomic E-state index is -0.740. The Morgan fingerprint density at radius 2 is 2.26 bits per heavy atom. The second-order valence-corrected chi connectivity index (χ2v) is 5.00. The molecule has 1 atom stereocenters. The van der Waals surface area contributed by atoms with Gasteiger partial charge in [0.25, 0.3) is 5.91 Å². The van der Waals surface area contributed by atoms with Gasteiger partial charge in [0, 0.05) is 17.2 Å². The van der Waals surface area contributed by atoms with E-state index in [1.165, 1.54) is 11.1 Å². The molecule has 2 heterocycles. The zero-order valence-corrected chi connectivity index (χ0v) is 11.8. The lowest BCUT2D eigenvalue weighted by Gasteiger charge is -2.24. The third kappa shape index (κ3) is 2.81. The van der Waals surface area contributed by atoms with E-state index in [0.717, 1.165) is 4.47 Å². The van der Waals surface area contributed by atoms with Crippen LogP contribution in [0.5, 0.6) is 0 Å². The molecule has 3 amide bonds. The van der Waals surface area contributed by atoms with E-state index < -0.39 is 11.9 Å². The van der Waals surface area contributed by atoms with Crippen molar-refractivity contribution in [3.63, 3.8) is 0 Å². The van der Waals surface area contributed by atoms with Crippen molar-refractivity contribution in [2.75, 3.05) is 6.54 Å². The molecule has 19 heavy (non-hydrogen) atoms. The number of carbonyl (C=O) groups is 3. The Morgan fingerprint density at radius 1 is 1.53 bits per heavy atom. The summed E-state index contributed by atoms with van der Waals surface area (Å²) in [5.74, 6) is -1.15. The molecule has 0 aliphatic carbocycles. The van der Waals surface area contributed by atoms with Crippen LogP contribution in [0.1, 0.15) is 23.8 Å². The number of nitrogens with zero attached hydrogens (tertiary/aromatic N) is 2. The van der Waals surface area contributed by atoms with Crippen molar-refractivity contribution in [2.45, 2.75) is 19.4 Å². The number of halogens is 1. The molecule has 7 heteroatoms. The Hall–Kier alpha value is -1.76. The molecule has 0 bridgehead atoms. The molecular weight excluding hydrogens is 314 g/mol. The maximum atomic E-state index is 12.3. The van der Waals surface area contributed by atoms with Gasteiger partial charge in [-0.2, -0.15) is 0 Å². The fourth-order valence-electron chi connectivity index (χ4n) is 1.95. The number of pyridine rings is 1. The quantitative estimate of drug-likeness (QED) is 0.830. The molecule has 1 aliphatic rings. The van der Waals surface area contributed by atoms with E-state index in [1.54, 1.807) is 19.1 Å². The molecule has 0 aromatic carbocycles. The first-order valence-electron chi connectivity index (χ1n) is 5.79. The van der Waals surface area contributed by atoms with Crippen molar-refractivity contribution in [2.24, 2.45) is 0 Å². The molecule has 6 nitrogen and oxygen atoms in total. The van der Waals surface area contributed by atoms with Crippen LogP contribution < -0.4 is 5.32 Å². The number of nitrogens with one attached hydrogen (secondary N) is 1. The average Bonchev–Trinajstić information content (AvgIpc) is 2.70. The van der Waals surface area contributed by atoms with Crippen LogP contribution in [0.15, 0.2) is 22.8 Å². The van der Waals surface area contributed by atoms with Gasteiger partial charge in [0.1, 0.15) is 11.7 Å². The molecule has 1 aromatic heterocycles. The smallest absolute Gasteiger partial charge is 0.273 e. The molecular formula is C12H12BrN3O3. The minimum absolute atomic E-state index is 0.00887. The van der Waals surface area contributed by atoms with E-state index >= 15 is 0 Å². The van der Waals surface area contributed by atoms with Gasteiger partial charge in [0.15, 0.2) is 0 Å². The third-order valence-corrected chi connectivity index (χ3v) is 3.34. The largest absolute Gasteiger partial charge is 0.325 e. The number of hydrogen-bond donors (Lipinski definition) is 1. The highest BCUT2D eigenvalue weighted by molar-refractivity contribution is 9.10. The molecule has 100 valence electrons. The number of aromatic nitrogens is 1. The molecule has 1 fully saturated rings. The summed E-state index contributed by atoms with van der Waals surface area (Å²) in [7, 11) is 0. The second-order valence-electron chi connectivity index (χ2n) is 4.09. The number of rotatable bonds is 3. The van der Waals surface area contributed by atoms with Crippen LogP contribution in [0, 0.1) is 0 Å². The Labute approximate surface area is 118 Å². The normalized spacial score (nSPS) is 18.3. The highest BCUT2D eigenvalue weighted by atomic mass is 79.9. The monoisotopic (exact) mass is 325 g/mol. The highest BCUT2D eigenvalue weighted by Crippen LogP contribution is 2.15. The lowest BCUT2D eigenvalue weighted by molar-refractivity contribution is -0.126. The topological polar surface area (TPSA) is 79.4 Å². The van der Waals surface area contributed by atoms with E-state index in [2.05, 4.69) is 26.2 Å². The van der Waals surface area contributed by atoms with E-state index in [0.29, 0.717) is 6.54 Å². The summed E-state index contributed by atoms with van der Waals surface area (Å²) in [6.45, 7) is 2.09. The zero-order chi connectivity index (χ0) is 14.0. The molecule has 1 saturated heterocycles. The van der Waals surface area contributed by atoms with Crippen LogP contribution in [-0.4, -0.2) is 40.2 Å². The first-order chi connectivity index (χ1) is 9.02. The van der Waals surface area contributed by atoms with Crippen LogP contribution in [0.2, 0.25) is 0 Å². The van der Waals surface area contributed by atoms with Gasteiger partial charge >= 0.3 is 0 Å². The maximum Gasteiger partial charge on any atom is 0.273 e. The SMILES string of the molecule is CCN(C(=O)c1ccc(Br)cn1)[C@H]1CC(=O)NC1=O. The Morgan fingerprint density at radius 3 is 2.74 bits per heavy atom. The number of amides is 3. The summed E-state index contributed by atoms with van der Waals surface area (Å²) in [5, 5.41) is 2.20. The molecule has 0 unspecified atom stereocenters. The number of hydrogen-bond acceptors (Lipinski definition) is 4. The van der Waals surface area contributed by atoms with Gasteiger partial charge in [-0.05, 0) is 35.0 Å². The van der Waals surface area contributed by atoms with Gasteiger partial charge in [-0.15, -0.1) is 0 Å². The number of imide groups is 1. The molecule has 1 aliphatic heterocycles. The molecule has 1 aromatic rings. The van der Waals surface area contributed by atoms with E-state index in [9.17, 15) is 14.4 Å². The number of carbonyl (C=O) groups excluding carboxylic acids is 3. The van der Waals surface area contributed by atoms with Crippen LogP contribution in [0.3, 0.4) is 0 Å². The van der Waals surface area contributed by atoms with E-state index in [4.69, 9.17) is 0 Å². The summed E-state index contributed by atoms with van der Waals surface area (Å²) in [6.07, 6.45) is 1.52. The van der Waals surface area contributed by atoms with Crippen LogP contribution in [0.4, 0.5) is 0 Å². The van der Waals surface area contributed by atoms with Crippen LogP contribution in [0.25, 0.3) is 0 Å². The Bertz CT molecular complexity index is 530. The van der Waals surface area contributed by atoms with Crippen molar-refractivity contribution in [3.8, 4) is 0 Å². The lowest BCUT2D eigenvalue weighted by atomic mass is 10.2. The maximum absolute atomic E-state index is 12.3. The minimum Gasteiger partial charge on any atom is -0.325 e. The lowest BCUT2D eigenvalue weighted by Crippen LogP contribution is -2.44. The van der Waals surface area contributed by atoms with Crippen molar-refractivity contribution in [1.29, 1.82) is 0 Å².